The van der Waals surface area contributed by atoms with Crippen molar-refractivity contribution in [3.63, 3.8) is 0 Å². The molecule has 144 valence electrons. The van der Waals surface area contributed by atoms with Crippen LogP contribution in [-0.2, 0) is 11.4 Å². The van der Waals surface area contributed by atoms with Crippen LogP contribution in [0.3, 0.4) is 0 Å². The molecule has 1 atom stereocenters. The first-order valence-electron chi connectivity index (χ1n) is 8.67. The van der Waals surface area contributed by atoms with Crippen LogP contribution in [0.2, 0.25) is 0 Å². The van der Waals surface area contributed by atoms with Gasteiger partial charge < -0.3 is 14.9 Å². The molecular formula is C18H16F2N6OS. The number of nitriles is 1. The molecule has 3 N–H and O–H groups in total. The Kier molecular flexibility index (Phi) is 5.13. The number of fused-ring (bicyclic) bond motifs is 1. The summed E-state index contributed by atoms with van der Waals surface area (Å²) in [7, 11) is 0. The highest BCUT2D eigenvalue weighted by Crippen LogP contribution is 2.31. The fourth-order valence-corrected chi connectivity index (χ4v) is 3.80. The maximum atomic E-state index is 14.3. The van der Waals surface area contributed by atoms with Gasteiger partial charge in [-0.15, -0.1) is 4.72 Å². The van der Waals surface area contributed by atoms with Gasteiger partial charge in [0.1, 0.15) is 23.3 Å². The summed E-state index contributed by atoms with van der Waals surface area (Å²) >= 11 is -1.20. The molecule has 0 amide bonds. The second-order valence-electron chi connectivity index (χ2n) is 6.45. The quantitative estimate of drug-likeness (QED) is 0.524. The van der Waals surface area contributed by atoms with Gasteiger partial charge >= 0.3 is 0 Å². The average Bonchev–Trinajstić information content (AvgIpc) is 3.39. The van der Waals surface area contributed by atoms with Crippen molar-refractivity contribution in [2.24, 2.45) is 0 Å². The number of aromatic nitrogens is 3. The van der Waals surface area contributed by atoms with Crippen molar-refractivity contribution < 1.29 is 13.3 Å². The largest absolute Gasteiger partial charge is 0.598 e. The highest BCUT2D eigenvalue weighted by molar-refractivity contribution is 7.89. The molecule has 1 unspecified atom stereocenters. The fourth-order valence-electron chi connectivity index (χ4n) is 2.79. The van der Waals surface area contributed by atoms with Crippen LogP contribution in [0.15, 0.2) is 24.5 Å². The standard InChI is InChI=1S/C18H16F2N6OS/c19-11-6-13-14(9-24-17(13)23-8-11)16-10(7-21)5-15(20)18(25-16)22-3-4-28(27)26-12-1-2-12/h5-6,8-9,12,26H,1-4H2,(H,22,25)(H,23,24). The Morgan fingerprint density at radius 2 is 2.18 bits per heavy atom. The normalized spacial score (nSPS) is 14.8. The van der Waals surface area contributed by atoms with E-state index in [1.165, 1.54) is 6.07 Å². The predicted octanol–water partition coefficient (Wildman–Crippen LogP) is 2.60. The molecule has 0 radical (unpaired) electrons. The van der Waals surface area contributed by atoms with E-state index in [1.54, 1.807) is 6.20 Å². The Morgan fingerprint density at radius 3 is 2.93 bits per heavy atom. The third-order valence-electron chi connectivity index (χ3n) is 4.30. The number of hydrogen-bond donors (Lipinski definition) is 3. The van der Waals surface area contributed by atoms with Gasteiger partial charge in [0.25, 0.3) is 0 Å². The molecule has 0 spiro atoms. The summed E-state index contributed by atoms with van der Waals surface area (Å²) in [6.07, 6.45) is 4.67. The Morgan fingerprint density at radius 1 is 1.36 bits per heavy atom. The van der Waals surface area contributed by atoms with Gasteiger partial charge in [0.05, 0.1) is 30.0 Å². The number of aromatic amines is 1. The molecule has 0 saturated heterocycles. The summed E-state index contributed by atoms with van der Waals surface area (Å²) in [5.74, 6) is -0.991. The lowest BCUT2D eigenvalue weighted by Crippen LogP contribution is -2.31. The summed E-state index contributed by atoms with van der Waals surface area (Å²) in [6.45, 7) is 0.242. The van der Waals surface area contributed by atoms with E-state index in [-0.39, 0.29) is 29.4 Å². The van der Waals surface area contributed by atoms with Crippen molar-refractivity contribution in [1.82, 2.24) is 19.7 Å². The highest BCUT2D eigenvalue weighted by atomic mass is 32.2. The zero-order chi connectivity index (χ0) is 19.7. The smallest absolute Gasteiger partial charge is 0.166 e. The third kappa shape index (κ3) is 3.91. The number of rotatable bonds is 7. The molecule has 1 fully saturated rings. The molecule has 3 heterocycles. The Hall–Kier alpha value is -2.74. The SMILES string of the molecule is N#Cc1cc(F)c(NCC[S+]([O-])NC2CC2)nc1-c1c[nH]c2ncc(F)cc12. The molecule has 28 heavy (non-hydrogen) atoms. The lowest BCUT2D eigenvalue weighted by atomic mass is 10.1. The van der Waals surface area contributed by atoms with Crippen LogP contribution in [0.25, 0.3) is 22.3 Å². The van der Waals surface area contributed by atoms with Gasteiger partial charge in [-0.1, -0.05) is 0 Å². The van der Waals surface area contributed by atoms with E-state index in [9.17, 15) is 18.6 Å². The lowest BCUT2D eigenvalue weighted by molar-refractivity contribution is 0.580. The zero-order valence-electron chi connectivity index (χ0n) is 14.6. The lowest BCUT2D eigenvalue weighted by Gasteiger charge is -2.13. The summed E-state index contributed by atoms with van der Waals surface area (Å²) in [5, 5.41) is 12.6. The highest BCUT2D eigenvalue weighted by Gasteiger charge is 2.26. The minimum absolute atomic E-state index is 0.0205. The zero-order valence-corrected chi connectivity index (χ0v) is 15.4. The Balaban J connectivity index is 1.60. The van der Waals surface area contributed by atoms with E-state index in [0.717, 1.165) is 25.1 Å². The molecule has 0 bridgehead atoms. The molecule has 0 aromatic carbocycles. The van der Waals surface area contributed by atoms with Crippen molar-refractivity contribution in [1.29, 1.82) is 5.26 Å². The number of anilines is 1. The van der Waals surface area contributed by atoms with E-state index >= 15 is 0 Å². The Labute approximate surface area is 162 Å². The molecule has 7 nitrogen and oxygen atoms in total. The third-order valence-corrected chi connectivity index (χ3v) is 5.48. The van der Waals surface area contributed by atoms with Gasteiger partial charge in [0.2, 0.25) is 0 Å². The number of nitrogens with one attached hydrogen (secondary N) is 3. The topological polar surface area (TPSA) is 112 Å². The first-order valence-corrected chi connectivity index (χ1v) is 9.99. The van der Waals surface area contributed by atoms with Gasteiger partial charge in [-0.2, -0.15) is 5.26 Å². The molecule has 1 saturated carbocycles. The maximum Gasteiger partial charge on any atom is 0.166 e. The minimum atomic E-state index is -1.20. The first-order chi connectivity index (χ1) is 13.5. The fraction of sp³-hybridized carbons (Fsp3) is 0.278. The van der Waals surface area contributed by atoms with Crippen molar-refractivity contribution >= 4 is 28.2 Å². The second kappa shape index (κ2) is 7.71. The van der Waals surface area contributed by atoms with E-state index in [2.05, 4.69) is 25.0 Å². The summed E-state index contributed by atoms with van der Waals surface area (Å²) in [5.41, 5.74) is 1.11. The second-order valence-corrected chi connectivity index (χ2v) is 7.78. The monoisotopic (exact) mass is 402 g/mol. The molecule has 1 aliphatic rings. The van der Waals surface area contributed by atoms with E-state index in [0.29, 0.717) is 22.6 Å². The summed E-state index contributed by atoms with van der Waals surface area (Å²) in [6, 6.07) is 4.59. The molecule has 4 rings (SSSR count). The van der Waals surface area contributed by atoms with Gasteiger partial charge in [-0.25, -0.2) is 18.7 Å². The number of H-pyrrole nitrogens is 1. The molecular weight excluding hydrogens is 386 g/mol. The van der Waals surface area contributed by atoms with Gasteiger partial charge in [0.15, 0.2) is 11.6 Å². The molecule has 3 aromatic rings. The van der Waals surface area contributed by atoms with Crippen LogP contribution in [0.4, 0.5) is 14.6 Å². The average molecular weight is 402 g/mol. The molecule has 0 aliphatic heterocycles. The number of hydrogen-bond acceptors (Lipinski definition) is 6. The van der Waals surface area contributed by atoms with Crippen LogP contribution in [0, 0.1) is 23.0 Å². The number of nitrogens with zero attached hydrogens (tertiary/aromatic N) is 3. The van der Waals surface area contributed by atoms with Gasteiger partial charge in [0, 0.05) is 28.5 Å². The maximum absolute atomic E-state index is 14.3. The predicted molar refractivity (Wildman–Crippen MR) is 102 cm³/mol. The minimum Gasteiger partial charge on any atom is -0.598 e. The van der Waals surface area contributed by atoms with Crippen LogP contribution in [0.1, 0.15) is 18.4 Å². The van der Waals surface area contributed by atoms with E-state index in [1.807, 2.05) is 6.07 Å². The first kappa shape index (κ1) is 18.6. The van der Waals surface area contributed by atoms with Crippen molar-refractivity contribution in [2.75, 3.05) is 17.6 Å². The Bertz CT molecular complexity index is 1060. The summed E-state index contributed by atoms with van der Waals surface area (Å²) in [4.78, 5) is 11.1. The van der Waals surface area contributed by atoms with Crippen molar-refractivity contribution in [3.8, 4) is 17.3 Å². The number of pyridine rings is 2. The van der Waals surface area contributed by atoms with E-state index < -0.39 is 23.0 Å². The van der Waals surface area contributed by atoms with Gasteiger partial charge in [-0.05, 0) is 25.0 Å². The van der Waals surface area contributed by atoms with Crippen molar-refractivity contribution in [2.45, 2.75) is 18.9 Å². The van der Waals surface area contributed by atoms with Crippen LogP contribution < -0.4 is 10.0 Å². The van der Waals surface area contributed by atoms with E-state index in [4.69, 9.17) is 0 Å². The summed E-state index contributed by atoms with van der Waals surface area (Å²) < 4.78 is 42.8. The van der Waals surface area contributed by atoms with Crippen molar-refractivity contribution in [3.05, 3.63) is 41.7 Å². The van der Waals surface area contributed by atoms with Crippen LogP contribution in [0.5, 0.6) is 0 Å². The van der Waals surface area contributed by atoms with Gasteiger partial charge in [-0.3, -0.25) is 0 Å². The number of halogens is 2. The molecule has 3 aromatic heterocycles. The molecule has 1 aliphatic carbocycles. The molecule has 10 heteroatoms. The van der Waals surface area contributed by atoms with Crippen LogP contribution in [-0.4, -0.2) is 37.8 Å². The van der Waals surface area contributed by atoms with Crippen LogP contribution >= 0.6 is 0 Å².